The Morgan fingerprint density at radius 3 is 1.44 bits per heavy atom. The molecule has 2 aromatic rings. The molecule has 0 atom stereocenters. The maximum absolute atomic E-state index is 13.3. The average Bonchev–Trinajstić information content (AvgIpc) is 2.51. The van der Waals surface area contributed by atoms with Crippen LogP contribution in [0.25, 0.3) is 11.1 Å². The predicted octanol–water partition coefficient (Wildman–Crippen LogP) is 7.53. The zero-order chi connectivity index (χ0) is 20.8. The van der Waals surface area contributed by atoms with Crippen molar-refractivity contribution in [2.75, 3.05) is 0 Å². The average molecular weight is 400 g/mol. The van der Waals surface area contributed by atoms with Gasteiger partial charge in [-0.2, -0.15) is 39.5 Å². The summed E-state index contributed by atoms with van der Waals surface area (Å²) in [6.07, 6.45) is -15.0. The summed E-state index contributed by atoms with van der Waals surface area (Å²) in [5.74, 6) is -0.769. The normalized spacial score (nSPS) is 13.3. The molecule has 0 saturated carbocycles. The maximum atomic E-state index is 13.3. The van der Waals surface area contributed by atoms with E-state index in [0.29, 0.717) is 30.3 Å². The Bertz CT molecular complexity index is 792. The van der Waals surface area contributed by atoms with Crippen molar-refractivity contribution in [3.8, 4) is 11.1 Å². The number of hydrogen-bond donors (Lipinski definition) is 0. The highest BCUT2D eigenvalue weighted by Gasteiger charge is 2.41. The van der Waals surface area contributed by atoms with Crippen molar-refractivity contribution in [2.24, 2.45) is 0 Å². The lowest BCUT2D eigenvalue weighted by Crippen LogP contribution is -2.15. The minimum absolute atomic E-state index is 0.384. The largest absolute Gasteiger partial charge is 0.417 e. The van der Waals surface area contributed by atoms with Crippen LogP contribution in [-0.2, 0) is 18.5 Å². The van der Waals surface area contributed by atoms with Crippen molar-refractivity contribution in [1.29, 1.82) is 0 Å². The van der Waals surface area contributed by atoms with E-state index in [2.05, 4.69) is 0 Å². The molecule has 0 bridgehead atoms. The maximum Gasteiger partial charge on any atom is 0.417 e. The van der Waals surface area contributed by atoms with Gasteiger partial charge < -0.3 is 0 Å². The van der Waals surface area contributed by atoms with Gasteiger partial charge in [0.05, 0.1) is 16.7 Å². The van der Waals surface area contributed by atoms with Gasteiger partial charge in [-0.3, -0.25) is 0 Å². The molecule has 0 amide bonds. The predicted molar refractivity (Wildman–Crippen MR) is 81.0 cm³/mol. The summed E-state index contributed by atoms with van der Waals surface area (Å²) in [6, 6.07) is 3.44. The minimum atomic E-state index is -5.11. The molecule has 0 spiro atoms. The van der Waals surface area contributed by atoms with Gasteiger partial charge >= 0.3 is 18.5 Å². The molecule has 0 aliphatic rings. The van der Waals surface area contributed by atoms with Crippen molar-refractivity contribution in [1.82, 2.24) is 0 Å². The van der Waals surface area contributed by atoms with Gasteiger partial charge in [0.25, 0.3) is 0 Å². The SMILES string of the molecule is CC(C)c1cc(-c2c(C(F)(F)F)cccc2C(F)(F)F)ccc1C(F)(F)F. The summed E-state index contributed by atoms with van der Waals surface area (Å²) in [5.41, 5.74) is -6.37. The summed E-state index contributed by atoms with van der Waals surface area (Å²) in [7, 11) is 0. The second-order valence-corrected chi connectivity index (χ2v) is 6.18. The first-order valence-electron chi connectivity index (χ1n) is 7.63. The van der Waals surface area contributed by atoms with E-state index in [1.54, 1.807) is 0 Å². The van der Waals surface area contributed by atoms with Crippen LogP contribution in [0.15, 0.2) is 36.4 Å². The second-order valence-electron chi connectivity index (χ2n) is 6.18. The molecule has 27 heavy (non-hydrogen) atoms. The van der Waals surface area contributed by atoms with Gasteiger partial charge in [-0.25, -0.2) is 0 Å². The van der Waals surface area contributed by atoms with Gasteiger partial charge in [0.2, 0.25) is 0 Å². The Hall–Kier alpha value is -2.19. The van der Waals surface area contributed by atoms with Gasteiger partial charge in [0.15, 0.2) is 0 Å². The third-order valence-electron chi connectivity index (χ3n) is 3.94. The number of hydrogen-bond acceptors (Lipinski definition) is 0. The monoisotopic (exact) mass is 400 g/mol. The van der Waals surface area contributed by atoms with Crippen LogP contribution < -0.4 is 0 Å². The molecule has 148 valence electrons. The van der Waals surface area contributed by atoms with E-state index in [1.807, 2.05) is 0 Å². The molecule has 0 fully saturated rings. The van der Waals surface area contributed by atoms with E-state index < -0.39 is 52.3 Å². The third-order valence-corrected chi connectivity index (χ3v) is 3.94. The first kappa shape index (κ1) is 21.1. The first-order valence-corrected chi connectivity index (χ1v) is 7.63. The van der Waals surface area contributed by atoms with Gasteiger partial charge in [0.1, 0.15) is 0 Å². The molecule has 9 heteroatoms. The molecule has 0 N–H and O–H groups in total. The lowest BCUT2D eigenvalue weighted by atomic mass is 9.88. The molecule has 0 aliphatic heterocycles. The highest BCUT2D eigenvalue weighted by molar-refractivity contribution is 5.73. The Labute approximate surface area is 148 Å². The van der Waals surface area contributed by atoms with E-state index in [-0.39, 0.29) is 5.56 Å². The summed E-state index contributed by atoms with van der Waals surface area (Å²) >= 11 is 0. The Morgan fingerprint density at radius 1 is 0.630 bits per heavy atom. The molecule has 0 heterocycles. The number of alkyl halides is 9. The highest BCUT2D eigenvalue weighted by Crippen LogP contribution is 2.46. The Kier molecular flexibility index (Phi) is 5.29. The van der Waals surface area contributed by atoms with Crippen molar-refractivity contribution < 1.29 is 39.5 Å². The fourth-order valence-electron chi connectivity index (χ4n) is 2.79. The van der Waals surface area contributed by atoms with Gasteiger partial charge in [-0.1, -0.05) is 32.0 Å². The van der Waals surface area contributed by atoms with E-state index in [1.165, 1.54) is 13.8 Å². The Morgan fingerprint density at radius 2 is 1.07 bits per heavy atom. The molecule has 0 unspecified atom stereocenters. The van der Waals surface area contributed by atoms with Crippen molar-refractivity contribution in [3.63, 3.8) is 0 Å². The highest BCUT2D eigenvalue weighted by atomic mass is 19.4. The molecule has 0 aliphatic carbocycles. The van der Waals surface area contributed by atoms with Crippen LogP contribution >= 0.6 is 0 Å². The summed E-state index contributed by atoms with van der Waals surface area (Å²) < 4.78 is 119. The fraction of sp³-hybridized carbons (Fsp3) is 0.333. The fourth-order valence-corrected chi connectivity index (χ4v) is 2.79. The van der Waals surface area contributed by atoms with Gasteiger partial charge in [-0.15, -0.1) is 0 Å². The Balaban J connectivity index is 2.87. The molecule has 2 aromatic carbocycles. The van der Waals surface area contributed by atoms with Crippen LogP contribution in [0.1, 0.15) is 42.0 Å². The van der Waals surface area contributed by atoms with Gasteiger partial charge in [-0.05, 0) is 35.2 Å². The van der Waals surface area contributed by atoms with Crippen LogP contribution in [0.3, 0.4) is 0 Å². The van der Waals surface area contributed by atoms with E-state index >= 15 is 0 Å². The molecular weight excluding hydrogens is 387 g/mol. The second kappa shape index (κ2) is 6.76. The molecule has 0 nitrogen and oxygen atoms in total. The molecule has 0 aromatic heterocycles. The van der Waals surface area contributed by atoms with Crippen LogP contribution in [0, 0.1) is 0 Å². The minimum Gasteiger partial charge on any atom is -0.166 e. The summed E-state index contributed by atoms with van der Waals surface area (Å²) in [5, 5.41) is 0. The summed E-state index contributed by atoms with van der Waals surface area (Å²) in [4.78, 5) is 0. The first-order chi connectivity index (χ1) is 12.1. The standard InChI is InChI=1S/C18H13F9/c1-9(2)11-8-10(6-7-12(11)16(19,20)21)15-13(17(22,23)24)4-3-5-14(15)18(25,26)27/h3-9H,1-2H3. The number of rotatable bonds is 2. The van der Waals surface area contributed by atoms with E-state index in [4.69, 9.17) is 0 Å². The van der Waals surface area contributed by atoms with Crippen LogP contribution in [0.2, 0.25) is 0 Å². The zero-order valence-corrected chi connectivity index (χ0v) is 13.9. The van der Waals surface area contributed by atoms with E-state index in [9.17, 15) is 39.5 Å². The number of benzene rings is 2. The topological polar surface area (TPSA) is 0 Å². The molecule has 2 rings (SSSR count). The lowest BCUT2D eigenvalue weighted by molar-refractivity contribution is -0.142. The lowest BCUT2D eigenvalue weighted by Gasteiger charge is -2.21. The molecule has 0 radical (unpaired) electrons. The summed E-state index contributed by atoms with van der Waals surface area (Å²) in [6.45, 7) is 2.74. The van der Waals surface area contributed by atoms with Crippen molar-refractivity contribution in [3.05, 3.63) is 58.7 Å². The third kappa shape index (κ3) is 4.39. The van der Waals surface area contributed by atoms with Crippen LogP contribution in [0.5, 0.6) is 0 Å². The van der Waals surface area contributed by atoms with Crippen LogP contribution in [0.4, 0.5) is 39.5 Å². The molecule has 0 saturated heterocycles. The quantitative estimate of drug-likeness (QED) is 0.457. The number of halogens is 9. The smallest absolute Gasteiger partial charge is 0.166 e. The van der Waals surface area contributed by atoms with Gasteiger partial charge in [0, 0.05) is 5.56 Å². The van der Waals surface area contributed by atoms with Crippen LogP contribution in [-0.4, -0.2) is 0 Å². The zero-order valence-electron chi connectivity index (χ0n) is 13.9. The van der Waals surface area contributed by atoms with E-state index in [0.717, 1.165) is 6.07 Å². The molecular formula is C18H13F9. The van der Waals surface area contributed by atoms with Crippen molar-refractivity contribution >= 4 is 0 Å². The van der Waals surface area contributed by atoms with Crippen molar-refractivity contribution in [2.45, 2.75) is 38.3 Å².